The maximum absolute atomic E-state index is 5.95. The van der Waals surface area contributed by atoms with Crippen LogP contribution in [-0.4, -0.2) is 11.8 Å². The summed E-state index contributed by atoms with van der Waals surface area (Å²) in [6.07, 6.45) is 5.99. The molecule has 5 heteroatoms. The van der Waals surface area contributed by atoms with Crippen molar-refractivity contribution in [2.24, 2.45) is 7.05 Å². The van der Waals surface area contributed by atoms with Crippen molar-refractivity contribution in [3.63, 3.8) is 0 Å². The number of pyridine rings is 2. The van der Waals surface area contributed by atoms with E-state index in [0.29, 0.717) is 5.71 Å². The molecule has 0 saturated carbocycles. The van der Waals surface area contributed by atoms with Crippen LogP contribution in [0.2, 0.25) is 6.82 Å². The molecule has 3 aromatic heterocycles. The number of rotatable bonds is 1. The number of hydrogen-bond acceptors (Lipinski definition) is 3. The average molecular weight is 304 g/mol. The van der Waals surface area contributed by atoms with Crippen LogP contribution < -0.4 is 14.8 Å². The van der Waals surface area contributed by atoms with Crippen LogP contribution in [0.1, 0.15) is 18.2 Å². The van der Waals surface area contributed by atoms with Crippen molar-refractivity contribution in [1.82, 2.24) is 4.98 Å². The molecule has 0 spiro atoms. The van der Waals surface area contributed by atoms with Crippen molar-refractivity contribution in [1.29, 1.82) is 0 Å². The average Bonchev–Trinajstić information content (AvgIpc) is 2.88. The highest BCUT2D eigenvalue weighted by molar-refractivity contribution is 6.79. The first-order chi connectivity index (χ1) is 11.1. The van der Waals surface area contributed by atoms with E-state index < -0.39 is 0 Å². The van der Waals surface area contributed by atoms with Gasteiger partial charge in [-0.1, -0.05) is 0 Å². The second-order valence-corrected chi connectivity index (χ2v) is 6.24. The predicted octanol–water partition coefficient (Wildman–Crippen LogP) is 2.67. The molecule has 4 heterocycles. The van der Waals surface area contributed by atoms with E-state index in [9.17, 15) is 0 Å². The van der Waals surface area contributed by atoms with Crippen LogP contribution in [0.25, 0.3) is 17.2 Å². The molecular formula is C18H19BN3O+. The molecule has 23 heavy (non-hydrogen) atoms. The zero-order valence-electron chi connectivity index (χ0n) is 13.9. The molecule has 4 rings (SSSR count). The van der Waals surface area contributed by atoms with E-state index in [2.05, 4.69) is 72.6 Å². The Morgan fingerprint density at radius 1 is 1.26 bits per heavy atom. The second kappa shape index (κ2) is 4.98. The summed E-state index contributed by atoms with van der Waals surface area (Å²) < 4.78 is 8.11. The van der Waals surface area contributed by atoms with Crippen LogP contribution in [0, 0.1) is 6.92 Å². The Balaban J connectivity index is 1.93. The Hall–Kier alpha value is -2.56. The highest BCUT2D eigenvalue weighted by Gasteiger charge is 2.40. The molecule has 0 saturated heterocycles. The summed E-state index contributed by atoms with van der Waals surface area (Å²) in [6, 6.07) is 8.40. The molecule has 0 bridgehead atoms. The van der Waals surface area contributed by atoms with Crippen LogP contribution in [0.3, 0.4) is 0 Å². The fraction of sp³-hybridized carbons (Fsp3) is 0.222. The number of fused-ring (bicyclic) bond motifs is 3. The van der Waals surface area contributed by atoms with Gasteiger partial charge in [-0.25, -0.2) is 9.55 Å². The summed E-state index contributed by atoms with van der Waals surface area (Å²) in [6.45, 7) is 6.66. The van der Waals surface area contributed by atoms with Gasteiger partial charge in [0.25, 0.3) is 5.82 Å². The minimum absolute atomic E-state index is 0.188. The Bertz CT molecular complexity index is 945. The maximum atomic E-state index is 5.95. The van der Waals surface area contributed by atoms with Crippen LogP contribution in [-0.2, 0) is 7.05 Å². The number of aromatic nitrogens is 2. The Morgan fingerprint density at radius 3 is 2.91 bits per heavy atom. The molecule has 1 aliphatic rings. The van der Waals surface area contributed by atoms with E-state index in [1.807, 2.05) is 6.07 Å². The third-order valence-electron chi connectivity index (χ3n) is 4.58. The monoisotopic (exact) mass is 304 g/mol. The number of allylic oxidation sites excluding steroid dienone is 1. The molecule has 0 aliphatic carbocycles. The first kappa shape index (κ1) is 14.1. The van der Waals surface area contributed by atoms with Crippen LogP contribution >= 0.6 is 0 Å². The van der Waals surface area contributed by atoms with Crippen LogP contribution in [0.4, 0.5) is 5.82 Å². The smallest absolute Gasteiger partial charge is 0.413 e. The Morgan fingerprint density at radius 2 is 2.09 bits per heavy atom. The first-order valence-corrected chi connectivity index (χ1v) is 7.87. The number of anilines is 1. The SMILES string of the molecule is CB1c2c(oc3ncccc23)C=C(C)N1c1cc(C)cc[n+]1C. The van der Waals surface area contributed by atoms with E-state index in [1.165, 1.54) is 22.5 Å². The molecule has 0 fully saturated rings. The summed E-state index contributed by atoms with van der Waals surface area (Å²) in [5.41, 5.74) is 4.34. The van der Waals surface area contributed by atoms with Gasteiger partial charge in [-0.3, -0.25) is 4.81 Å². The van der Waals surface area contributed by atoms with Gasteiger partial charge in [0.1, 0.15) is 5.76 Å². The number of furan rings is 1. The predicted molar refractivity (Wildman–Crippen MR) is 93.7 cm³/mol. The summed E-state index contributed by atoms with van der Waals surface area (Å²) in [5, 5.41) is 1.10. The van der Waals surface area contributed by atoms with Gasteiger partial charge in [0.15, 0.2) is 0 Å². The summed E-state index contributed by atoms with van der Waals surface area (Å²) >= 11 is 0. The molecule has 0 radical (unpaired) electrons. The number of aryl methyl sites for hydroxylation is 2. The lowest BCUT2D eigenvalue weighted by atomic mass is 9.54. The van der Waals surface area contributed by atoms with E-state index in [1.54, 1.807) is 6.20 Å². The van der Waals surface area contributed by atoms with Gasteiger partial charge in [0.2, 0.25) is 5.71 Å². The molecule has 114 valence electrons. The lowest BCUT2D eigenvalue weighted by Crippen LogP contribution is -2.52. The highest BCUT2D eigenvalue weighted by atomic mass is 16.3. The highest BCUT2D eigenvalue weighted by Crippen LogP contribution is 2.28. The first-order valence-electron chi connectivity index (χ1n) is 7.87. The third kappa shape index (κ3) is 2.07. The van der Waals surface area contributed by atoms with Crippen LogP contribution in [0.15, 0.2) is 46.8 Å². The molecule has 0 aromatic carbocycles. The van der Waals surface area contributed by atoms with E-state index in [-0.39, 0.29) is 6.85 Å². The van der Waals surface area contributed by atoms with Crippen molar-refractivity contribution in [3.05, 3.63) is 53.7 Å². The van der Waals surface area contributed by atoms with E-state index in [4.69, 9.17) is 4.42 Å². The molecule has 0 amide bonds. The van der Waals surface area contributed by atoms with Gasteiger partial charge < -0.3 is 4.42 Å². The standard InChI is InChI=1S/C18H19BN3O/c1-12-7-9-21(4)16(10-12)22-13(2)11-15-17(19(22)3)14-6-5-8-20-18(14)23-15/h5-11H,1-4H3/q+1. The van der Waals surface area contributed by atoms with Crippen molar-refractivity contribution < 1.29 is 8.98 Å². The molecular weight excluding hydrogens is 285 g/mol. The summed E-state index contributed by atoms with van der Waals surface area (Å²) in [4.78, 5) is 6.71. The van der Waals surface area contributed by atoms with Gasteiger partial charge in [-0.15, -0.1) is 0 Å². The zero-order chi connectivity index (χ0) is 16.1. The van der Waals surface area contributed by atoms with Gasteiger partial charge >= 0.3 is 6.85 Å². The van der Waals surface area contributed by atoms with Crippen LogP contribution in [0.5, 0.6) is 0 Å². The van der Waals surface area contributed by atoms with E-state index in [0.717, 1.165) is 11.1 Å². The topological polar surface area (TPSA) is 33.2 Å². The van der Waals surface area contributed by atoms with Crippen molar-refractivity contribution in [2.45, 2.75) is 20.7 Å². The maximum Gasteiger partial charge on any atom is 0.413 e. The summed E-state index contributed by atoms with van der Waals surface area (Å²) in [7, 11) is 2.08. The largest absolute Gasteiger partial charge is 0.439 e. The van der Waals surface area contributed by atoms with Crippen molar-refractivity contribution in [3.8, 4) is 0 Å². The molecule has 0 N–H and O–H groups in total. The molecule has 3 aromatic rings. The number of hydrogen-bond donors (Lipinski definition) is 0. The second-order valence-electron chi connectivity index (χ2n) is 6.24. The minimum Gasteiger partial charge on any atom is -0.439 e. The Labute approximate surface area is 136 Å². The molecule has 1 aliphatic heterocycles. The molecule has 0 atom stereocenters. The van der Waals surface area contributed by atoms with Gasteiger partial charge in [-0.05, 0) is 44.4 Å². The molecule has 0 unspecified atom stereocenters. The number of nitrogens with zero attached hydrogens (tertiary/aromatic N) is 3. The van der Waals surface area contributed by atoms with Gasteiger partial charge in [0, 0.05) is 29.2 Å². The minimum atomic E-state index is 0.188. The third-order valence-corrected chi connectivity index (χ3v) is 4.58. The van der Waals surface area contributed by atoms with Crippen molar-refractivity contribution >= 4 is 35.3 Å². The summed E-state index contributed by atoms with van der Waals surface area (Å²) in [5.74, 6) is 2.10. The van der Waals surface area contributed by atoms with E-state index >= 15 is 0 Å². The van der Waals surface area contributed by atoms with Gasteiger partial charge in [0.05, 0.1) is 18.9 Å². The fourth-order valence-electron chi connectivity index (χ4n) is 3.48. The molecule has 4 nitrogen and oxygen atoms in total. The lowest BCUT2D eigenvalue weighted by Gasteiger charge is -2.26. The quantitative estimate of drug-likeness (QED) is 0.512. The normalized spacial score (nSPS) is 14.2. The van der Waals surface area contributed by atoms with Gasteiger partial charge in [-0.2, -0.15) is 0 Å². The Kier molecular flexibility index (Phi) is 3.05. The van der Waals surface area contributed by atoms with Crippen molar-refractivity contribution in [2.75, 3.05) is 4.81 Å². The zero-order valence-corrected chi connectivity index (χ0v) is 13.9. The fourth-order valence-corrected chi connectivity index (χ4v) is 3.48. The lowest BCUT2D eigenvalue weighted by molar-refractivity contribution is -0.658.